The molecule has 12 heteroatoms. The van der Waals surface area contributed by atoms with E-state index in [4.69, 9.17) is 30.5 Å². The van der Waals surface area contributed by atoms with Gasteiger partial charge in [0.2, 0.25) is 11.7 Å². The summed E-state index contributed by atoms with van der Waals surface area (Å²) in [5.41, 5.74) is 0.359. The van der Waals surface area contributed by atoms with Crippen molar-refractivity contribution in [2.45, 2.75) is 38.9 Å². The lowest BCUT2D eigenvalue weighted by Gasteiger charge is -2.18. The molecule has 0 saturated carbocycles. The summed E-state index contributed by atoms with van der Waals surface area (Å²) in [4.78, 5) is 24.9. The van der Waals surface area contributed by atoms with Crippen LogP contribution in [0.4, 0.5) is 5.69 Å². The number of hydrogen-bond donors (Lipinski definition) is 0. The molecule has 2 saturated heterocycles. The molecule has 190 valence electrons. The first-order valence-corrected chi connectivity index (χ1v) is 13.7. The van der Waals surface area contributed by atoms with Crippen molar-refractivity contribution in [3.8, 4) is 11.6 Å². The standard InChI is InChI=1S/C23H28ClN3O7S/c1-15(28)34-23-17(14-25-27(23)2)22(29)16-6-7-18(31-9-8-19-32-10-11-33-19)21(20(16)24)26-35(30)12-4-3-5-13-35/h6-7,14,19H,3-5,8-13H2,1-2H3. The molecule has 0 amide bonds. The van der Waals surface area contributed by atoms with Gasteiger partial charge in [0, 0.05) is 37.5 Å². The normalized spacial score (nSPS) is 17.8. The van der Waals surface area contributed by atoms with Crippen LogP contribution in [-0.4, -0.2) is 63.4 Å². The van der Waals surface area contributed by atoms with Crippen LogP contribution in [0.25, 0.3) is 0 Å². The molecule has 2 aromatic rings. The van der Waals surface area contributed by atoms with Crippen molar-refractivity contribution >= 4 is 38.8 Å². The first-order valence-electron chi connectivity index (χ1n) is 11.4. The molecule has 0 unspecified atom stereocenters. The lowest BCUT2D eigenvalue weighted by Crippen LogP contribution is -2.16. The summed E-state index contributed by atoms with van der Waals surface area (Å²) in [5.74, 6) is 0.163. The van der Waals surface area contributed by atoms with Crippen LogP contribution in [0.2, 0.25) is 5.02 Å². The van der Waals surface area contributed by atoms with Gasteiger partial charge in [-0.05, 0) is 25.0 Å². The minimum Gasteiger partial charge on any atom is -0.491 e. The molecule has 2 fully saturated rings. The zero-order valence-corrected chi connectivity index (χ0v) is 21.2. The largest absolute Gasteiger partial charge is 0.491 e. The molecule has 10 nitrogen and oxygen atoms in total. The summed E-state index contributed by atoms with van der Waals surface area (Å²) in [7, 11) is -0.987. The molecule has 4 rings (SSSR count). The Morgan fingerprint density at radius 3 is 2.60 bits per heavy atom. The van der Waals surface area contributed by atoms with Crippen molar-refractivity contribution in [2.24, 2.45) is 11.4 Å². The van der Waals surface area contributed by atoms with E-state index in [0.717, 1.165) is 19.3 Å². The topological polar surface area (TPSA) is 118 Å². The smallest absolute Gasteiger partial charge is 0.309 e. The molecule has 2 aliphatic rings. The highest BCUT2D eigenvalue weighted by molar-refractivity contribution is 7.93. The van der Waals surface area contributed by atoms with Gasteiger partial charge in [-0.2, -0.15) is 9.46 Å². The van der Waals surface area contributed by atoms with Crippen LogP contribution in [0.15, 0.2) is 22.7 Å². The van der Waals surface area contributed by atoms with Gasteiger partial charge in [0.15, 0.2) is 6.29 Å². The monoisotopic (exact) mass is 525 g/mol. The van der Waals surface area contributed by atoms with Gasteiger partial charge in [-0.3, -0.25) is 9.59 Å². The Morgan fingerprint density at radius 1 is 1.20 bits per heavy atom. The highest BCUT2D eigenvalue weighted by atomic mass is 35.5. The Hall–Kier alpha value is -2.47. The third-order valence-corrected chi connectivity index (χ3v) is 8.43. The van der Waals surface area contributed by atoms with E-state index in [9.17, 15) is 13.8 Å². The quantitative estimate of drug-likeness (QED) is 0.378. The lowest BCUT2D eigenvalue weighted by molar-refractivity contribution is -0.132. The third kappa shape index (κ3) is 6.03. The number of hydrogen-bond acceptors (Lipinski definition) is 9. The number of benzene rings is 1. The Kier molecular flexibility index (Phi) is 8.10. The van der Waals surface area contributed by atoms with Gasteiger partial charge in [0.1, 0.15) is 17.0 Å². The van der Waals surface area contributed by atoms with Crippen molar-refractivity contribution in [2.75, 3.05) is 31.3 Å². The Labute approximate surface area is 209 Å². The van der Waals surface area contributed by atoms with Gasteiger partial charge in [-0.1, -0.05) is 18.0 Å². The van der Waals surface area contributed by atoms with Crippen LogP contribution in [-0.2, 0) is 31.0 Å². The van der Waals surface area contributed by atoms with Gasteiger partial charge in [0.05, 0.1) is 40.8 Å². The number of esters is 1. The van der Waals surface area contributed by atoms with Gasteiger partial charge in [0.25, 0.3) is 0 Å². The van der Waals surface area contributed by atoms with Crippen molar-refractivity contribution in [3.63, 3.8) is 0 Å². The maximum atomic E-state index is 13.4. The summed E-state index contributed by atoms with van der Waals surface area (Å²) in [6, 6.07) is 3.10. The fourth-order valence-corrected chi connectivity index (χ4v) is 6.48. The fraction of sp³-hybridized carbons (Fsp3) is 0.522. The Morgan fingerprint density at radius 2 is 1.91 bits per heavy atom. The second-order valence-corrected chi connectivity index (χ2v) is 11.2. The van der Waals surface area contributed by atoms with E-state index in [1.807, 2.05) is 0 Å². The van der Waals surface area contributed by atoms with Crippen molar-refractivity contribution in [1.82, 2.24) is 9.78 Å². The Balaban J connectivity index is 1.70. The minimum absolute atomic E-state index is 0.00662. The van der Waals surface area contributed by atoms with Gasteiger partial charge in [-0.25, -0.2) is 8.89 Å². The molecule has 2 aliphatic heterocycles. The van der Waals surface area contributed by atoms with E-state index in [1.54, 1.807) is 13.1 Å². The van der Waals surface area contributed by atoms with E-state index >= 15 is 0 Å². The number of aryl methyl sites for hydroxylation is 1. The lowest BCUT2D eigenvalue weighted by atomic mass is 10.0. The minimum atomic E-state index is -2.54. The van der Waals surface area contributed by atoms with Crippen molar-refractivity contribution in [3.05, 3.63) is 34.5 Å². The van der Waals surface area contributed by atoms with Crippen LogP contribution in [0.1, 0.15) is 48.5 Å². The SMILES string of the molecule is CC(=O)Oc1c(C(=O)c2ccc(OCCC3OCCO3)c(N=S3(=O)CCCCC3)c2Cl)cnn1C. The number of rotatable bonds is 8. The molecule has 0 radical (unpaired) electrons. The molecular formula is C23H28ClN3O7S. The van der Waals surface area contributed by atoms with Crippen molar-refractivity contribution < 1.29 is 32.7 Å². The maximum absolute atomic E-state index is 13.4. The van der Waals surface area contributed by atoms with E-state index in [-0.39, 0.29) is 40.6 Å². The van der Waals surface area contributed by atoms with E-state index in [1.165, 1.54) is 23.9 Å². The summed E-state index contributed by atoms with van der Waals surface area (Å²) in [6.07, 6.45) is 4.09. The predicted molar refractivity (Wildman–Crippen MR) is 129 cm³/mol. The van der Waals surface area contributed by atoms with Crippen molar-refractivity contribution in [1.29, 1.82) is 0 Å². The number of aromatic nitrogens is 2. The molecule has 0 spiro atoms. The maximum Gasteiger partial charge on any atom is 0.309 e. The molecule has 1 aromatic heterocycles. The summed E-state index contributed by atoms with van der Waals surface area (Å²) in [6.45, 7) is 2.58. The summed E-state index contributed by atoms with van der Waals surface area (Å²) >= 11 is 6.71. The van der Waals surface area contributed by atoms with E-state index in [0.29, 0.717) is 36.9 Å². The second-order valence-electron chi connectivity index (χ2n) is 8.32. The molecule has 35 heavy (non-hydrogen) atoms. The molecule has 1 aromatic carbocycles. The van der Waals surface area contributed by atoms with E-state index in [2.05, 4.69) is 9.46 Å². The average Bonchev–Trinajstić information content (AvgIpc) is 3.46. The number of carbonyl (C=O) groups excluding carboxylic acids is 2. The number of ether oxygens (including phenoxy) is 4. The van der Waals surface area contributed by atoms with Gasteiger partial charge < -0.3 is 18.9 Å². The van der Waals surface area contributed by atoms with Gasteiger partial charge >= 0.3 is 5.97 Å². The van der Waals surface area contributed by atoms with Crippen LogP contribution in [0.3, 0.4) is 0 Å². The number of halogens is 1. The third-order valence-electron chi connectivity index (χ3n) is 5.68. The number of ketones is 1. The highest BCUT2D eigenvalue weighted by Gasteiger charge is 2.26. The molecule has 3 heterocycles. The zero-order valence-electron chi connectivity index (χ0n) is 19.7. The average molecular weight is 526 g/mol. The predicted octanol–water partition coefficient (Wildman–Crippen LogP) is 3.66. The van der Waals surface area contributed by atoms with Gasteiger partial charge in [-0.15, -0.1) is 0 Å². The van der Waals surface area contributed by atoms with Crippen LogP contribution in [0, 0.1) is 0 Å². The zero-order chi connectivity index (χ0) is 25.0. The first kappa shape index (κ1) is 25.6. The van der Waals surface area contributed by atoms with Crippen LogP contribution >= 0.6 is 11.6 Å². The van der Waals surface area contributed by atoms with E-state index < -0.39 is 21.5 Å². The Bertz CT molecular complexity index is 1220. The highest BCUT2D eigenvalue weighted by Crippen LogP contribution is 2.41. The number of nitrogens with zero attached hydrogens (tertiary/aromatic N) is 3. The molecule has 0 aliphatic carbocycles. The molecule has 0 atom stereocenters. The van der Waals surface area contributed by atoms with Crippen LogP contribution in [0.5, 0.6) is 11.6 Å². The molecular weight excluding hydrogens is 498 g/mol. The molecule has 0 bridgehead atoms. The number of carbonyl (C=O) groups is 2. The fourth-order valence-electron chi connectivity index (χ4n) is 3.94. The molecule has 0 N–H and O–H groups in total. The van der Waals surface area contributed by atoms with Crippen LogP contribution < -0.4 is 9.47 Å². The second kappa shape index (κ2) is 11.1. The summed E-state index contributed by atoms with van der Waals surface area (Å²) < 4.78 is 41.2. The summed E-state index contributed by atoms with van der Waals surface area (Å²) in [5, 5.41) is 4.05. The first-order chi connectivity index (χ1) is 16.8.